The number of rotatable bonds is 9. The maximum atomic E-state index is 13.8. The number of nitrogens with one attached hydrogen (secondary N) is 2. The fourth-order valence-electron chi connectivity index (χ4n) is 4.04. The largest absolute Gasteiger partial charge is 0.491 e. The lowest BCUT2D eigenvalue weighted by Gasteiger charge is -2.07. The summed E-state index contributed by atoms with van der Waals surface area (Å²) in [6.07, 6.45) is 1.64. The number of hydrogen-bond donors (Lipinski definition) is 4. The Morgan fingerprint density at radius 1 is 1.03 bits per heavy atom. The van der Waals surface area contributed by atoms with Gasteiger partial charge in [-0.3, -0.25) is 4.98 Å². The number of pyridine rings is 1. The summed E-state index contributed by atoms with van der Waals surface area (Å²) < 4.78 is 33.0. The van der Waals surface area contributed by atoms with Crippen molar-refractivity contribution >= 4 is 22.6 Å². The van der Waals surface area contributed by atoms with Crippen LogP contribution >= 0.6 is 0 Å². The lowest BCUT2D eigenvalue weighted by molar-refractivity contribution is 0.0692. The number of carboxylic acids is 1. The van der Waals surface area contributed by atoms with Gasteiger partial charge in [-0.25, -0.2) is 18.6 Å². The van der Waals surface area contributed by atoms with E-state index < -0.39 is 17.3 Å². The smallest absolute Gasteiger partial charge is 0.338 e. The minimum absolute atomic E-state index is 0.200. The zero-order valence-corrected chi connectivity index (χ0v) is 20.0. The molecule has 10 heteroatoms. The first-order valence-corrected chi connectivity index (χ1v) is 11.8. The van der Waals surface area contributed by atoms with Gasteiger partial charge < -0.3 is 25.9 Å². The summed E-state index contributed by atoms with van der Waals surface area (Å²) in [7, 11) is 0. The molecule has 0 atom stereocenters. The van der Waals surface area contributed by atoms with E-state index in [9.17, 15) is 18.7 Å². The van der Waals surface area contributed by atoms with Crippen LogP contribution in [-0.2, 0) is 6.54 Å². The summed E-state index contributed by atoms with van der Waals surface area (Å²) in [5.74, 6) is -1.38. The van der Waals surface area contributed by atoms with E-state index >= 15 is 0 Å². The summed E-state index contributed by atoms with van der Waals surface area (Å²) in [5.41, 5.74) is 9.14. The summed E-state index contributed by atoms with van der Waals surface area (Å²) in [6.45, 7) is 0.961. The maximum absolute atomic E-state index is 13.8. The molecule has 38 heavy (non-hydrogen) atoms. The number of anilines is 1. The van der Waals surface area contributed by atoms with Gasteiger partial charge >= 0.3 is 5.97 Å². The monoisotopic (exact) mass is 515 g/mol. The molecule has 5 N–H and O–H groups in total. The van der Waals surface area contributed by atoms with Crippen molar-refractivity contribution in [3.63, 3.8) is 0 Å². The Bertz CT molecular complexity index is 1620. The number of nitrogens with two attached hydrogens (primary N) is 1. The molecular weight excluding hydrogens is 492 g/mol. The molecule has 0 aliphatic rings. The van der Waals surface area contributed by atoms with Crippen LogP contribution in [0.2, 0.25) is 0 Å². The number of nitrogens with zero attached hydrogens (tertiary/aromatic N) is 2. The number of aromatic carboxylic acids is 1. The van der Waals surface area contributed by atoms with E-state index in [1.54, 1.807) is 18.3 Å². The molecular formula is C28H23F2N5O3. The summed E-state index contributed by atoms with van der Waals surface area (Å²) in [4.78, 5) is 23.8. The third kappa shape index (κ3) is 5.30. The Morgan fingerprint density at radius 2 is 1.82 bits per heavy atom. The van der Waals surface area contributed by atoms with E-state index in [0.29, 0.717) is 41.8 Å². The van der Waals surface area contributed by atoms with Crippen LogP contribution < -0.4 is 15.8 Å². The first-order chi connectivity index (χ1) is 18.4. The lowest BCUT2D eigenvalue weighted by atomic mass is 10.0. The van der Waals surface area contributed by atoms with Crippen molar-refractivity contribution in [3.8, 4) is 28.3 Å². The third-order valence-corrected chi connectivity index (χ3v) is 5.86. The number of halogens is 2. The van der Waals surface area contributed by atoms with E-state index in [0.717, 1.165) is 28.1 Å². The number of benzene rings is 3. The van der Waals surface area contributed by atoms with Crippen LogP contribution in [-0.4, -0.2) is 39.2 Å². The molecule has 0 saturated heterocycles. The molecule has 0 spiro atoms. The van der Waals surface area contributed by atoms with Crippen molar-refractivity contribution in [3.05, 3.63) is 95.9 Å². The second-order valence-electron chi connectivity index (χ2n) is 8.48. The van der Waals surface area contributed by atoms with Crippen molar-refractivity contribution in [1.29, 1.82) is 0 Å². The van der Waals surface area contributed by atoms with Gasteiger partial charge in [-0.15, -0.1) is 0 Å². The zero-order chi connectivity index (χ0) is 26.6. The Kier molecular flexibility index (Phi) is 6.96. The van der Waals surface area contributed by atoms with Gasteiger partial charge in [0, 0.05) is 28.7 Å². The van der Waals surface area contributed by atoms with Gasteiger partial charge in [0.15, 0.2) is 0 Å². The Hall–Kier alpha value is -4.83. The summed E-state index contributed by atoms with van der Waals surface area (Å²) in [6, 6.07) is 17.4. The second-order valence-corrected chi connectivity index (χ2v) is 8.48. The number of aromatic nitrogens is 3. The van der Waals surface area contributed by atoms with Gasteiger partial charge in [-0.05, 0) is 60.7 Å². The van der Waals surface area contributed by atoms with E-state index in [1.165, 1.54) is 24.3 Å². The molecule has 0 unspecified atom stereocenters. The van der Waals surface area contributed by atoms with Gasteiger partial charge in [-0.1, -0.05) is 6.07 Å². The van der Waals surface area contributed by atoms with E-state index in [4.69, 9.17) is 15.5 Å². The molecule has 2 aromatic heterocycles. The average molecular weight is 516 g/mol. The van der Waals surface area contributed by atoms with Crippen LogP contribution in [0.25, 0.3) is 33.4 Å². The summed E-state index contributed by atoms with van der Waals surface area (Å²) >= 11 is 0. The van der Waals surface area contributed by atoms with E-state index in [2.05, 4.69) is 15.3 Å². The zero-order valence-electron chi connectivity index (χ0n) is 20.0. The van der Waals surface area contributed by atoms with Gasteiger partial charge in [0.1, 0.15) is 29.8 Å². The predicted molar refractivity (Wildman–Crippen MR) is 140 cm³/mol. The molecule has 0 fully saturated rings. The topological polar surface area (TPSA) is 126 Å². The van der Waals surface area contributed by atoms with Gasteiger partial charge in [0.2, 0.25) is 0 Å². The van der Waals surface area contributed by atoms with Gasteiger partial charge in [0.25, 0.3) is 0 Å². The fraction of sp³-hybridized carbons (Fsp3) is 0.107. The highest BCUT2D eigenvalue weighted by molar-refractivity contribution is 5.89. The van der Waals surface area contributed by atoms with Crippen molar-refractivity contribution in [1.82, 2.24) is 15.0 Å². The number of hydrogen-bond acceptors (Lipinski definition) is 6. The molecule has 0 amide bonds. The number of carbonyl (C=O) groups is 1. The molecule has 8 nitrogen and oxygen atoms in total. The number of aromatic amines is 1. The van der Waals surface area contributed by atoms with E-state index in [1.807, 2.05) is 24.3 Å². The molecule has 2 heterocycles. The number of fused-ring (bicyclic) bond motifs is 1. The van der Waals surface area contributed by atoms with Crippen LogP contribution in [0.5, 0.6) is 5.75 Å². The molecule has 0 saturated carbocycles. The molecule has 0 aliphatic heterocycles. The first kappa shape index (κ1) is 24.8. The van der Waals surface area contributed by atoms with Crippen molar-refractivity contribution in [2.24, 2.45) is 5.73 Å². The highest BCUT2D eigenvalue weighted by Crippen LogP contribution is 2.33. The van der Waals surface area contributed by atoms with Crippen LogP contribution in [0.15, 0.2) is 72.9 Å². The standard InChI is InChI=1S/C28H23F2N5O3/c29-19-4-1-16(2-5-19)26-27(17-3-8-24-18(11-17)12-21(14-33-24)38-10-9-31)35-25(34-26)15-32-20-6-7-23(30)22(13-20)28(36)37/h1-8,11-14,32H,9-10,15,31H2,(H,34,35)(H,36,37). The molecule has 5 aromatic rings. The molecule has 5 rings (SSSR count). The number of carboxylic acid groups (broad SMARTS) is 1. The number of ether oxygens (including phenoxy) is 1. The van der Waals surface area contributed by atoms with Crippen molar-refractivity contribution in [2.75, 3.05) is 18.5 Å². The maximum Gasteiger partial charge on any atom is 0.338 e. The quantitative estimate of drug-likeness (QED) is 0.212. The third-order valence-electron chi connectivity index (χ3n) is 5.86. The van der Waals surface area contributed by atoms with Crippen molar-refractivity contribution < 1.29 is 23.4 Å². The lowest BCUT2D eigenvalue weighted by Crippen LogP contribution is -2.10. The molecule has 192 valence electrons. The minimum Gasteiger partial charge on any atom is -0.491 e. The normalized spacial score (nSPS) is 11.0. The second kappa shape index (κ2) is 10.7. The summed E-state index contributed by atoms with van der Waals surface area (Å²) in [5, 5.41) is 13.1. The Labute approximate surface area is 216 Å². The molecule has 0 bridgehead atoms. The number of H-pyrrole nitrogens is 1. The SMILES string of the molecule is NCCOc1cnc2ccc(-c3nc(CNc4ccc(F)c(C(=O)O)c4)[nH]c3-c3ccc(F)cc3)cc2c1. The van der Waals surface area contributed by atoms with E-state index in [-0.39, 0.29) is 12.4 Å². The molecule has 0 radical (unpaired) electrons. The van der Waals surface area contributed by atoms with Crippen LogP contribution in [0.3, 0.4) is 0 Å². The highest BCUT2D eigenvalue weighted by atomic mass is 19.1. The average Bonchev–Trinajstić information content (AvgIpc) is 3.35. The van der Waals surface area contributed by atoms with Crippen LogP contribution in [0.4, 0.5) is 14.5 Å². The molecule has 0 aliphatic carbocycles. The van der Waals surface area contributed by atoms with Gasteiger partial charge in [0.05, 0.1) is 35.2 Å². The molecule has 3 aromatic carbocycles. The van der Waals surface area contributed by atoms with Crippen LogP contribution in [0.1, 0.15) is 16.2 Å². The predicted octanol–water partition coefficient (Wildman–Crippen LogP) is 5.22. The minimum atomic E-state index is -1.35. The fourth-order valence-corrected chi connectivity index (χ4v) is 4.04. The Balaban J connectivity index is 1.51. The highest BCUT2D eigenvalue weighted by Gasteiger charge is 2.16. The van der Waals surface area contributed by atoms with Crippen LogP contribution in [0, 0.1) is 11.6 Å². The number of imidazole rings is 1. The van der Waals surface area contributed by atoms with Crippen molar-refractivity contribution in [2.45, 2.75) is 6.54 Å². The first-order valence-electron chi connectivity index (χ1n) is 11.8. The Morgan fingerprint density at radius 3 is 2.58 bits per heavy atom. The van der Waals surface area contributed by atoms with Gasteiger partial charge in [-0.2, -0.15) is 0 Å².